The Balaban J connectivity index is 0.00000676. The van der Waals surface area contributed by atoms with Crippen LogP contribution >= 0.6 is 24.0 Å². The fourth-order valence-electron chi connectivity index (χ4n) is 2.22. The number of nitrogens with one attached hydrogen (secondary N) is 3. The largest absolute Gasteiger partial charge is 0.489 e. The lowest BCUT2D eigenvalue weighted by atomic mass is 9.92. The van der Waals surface area contributed by atoms with Crippen molar-refractivity contribution in [3.63, 3.8) is 0 Å². The zero-order valence-corrected chi connectivity index (χ0v) is 19.1. The lowest BCUT2D eigenvalue weighted by Crippen LogP contribution is -2.49. The Kier molecular flexibility index (Phi) is 12.0. The van der Waals surface area contributed by atoms with Crippen molar-refractivity contribution in [1.29, 1.82) is 0 Å². The van der Waals surface area contributed by atoms with Crippen LogP contribution in [0.15, 0.2) is 29.3 Å². The summed E-state index contributed by atoms with van der Waals surface area (Å²) in [5, 5.41) is 9.18. The molecule has 27 heavy (non-hydrogen) atoms. The molecule has 1 unspecified atom stereocenters. The van der Waals surface area contributed by atoms with E-state index in [0.717, 1.165) is 6.42 Å². The van der Waals surface area contributed by atoms with Crippen LogP contribution in [-0.2, 0) is 4.79 Å². The predicted octanol–water partition coefficient (Wildman–Crippen LogP) is 2.93. The van der Waals surface area contributed by atoms with Gasteiger partial charge in [0.1, 0.15) is 17.7 Å². The number of amides is 1. The van der Waals surface area contributed by atoms with Gasteiger partial charge in [0.05, 0.1) is 12.0 Å². The molecule has 1 amide bonds. The van der Waals surface area contributed by atoms with Gasteiger partial charge in [0, 0.05) is 26.2 Å². The molecule has 1 atom stereocenters. The van der Waals surface area contributed by atoms with Crippen molar-refractivity contribution < 1.29 is 13.9 Å². The summed E-state index contributed by atoms with van der Waals surface area (Å²) in [7, 11) is 1.67. The Morgan fingerprint density at radius 3 is 2.52 bits per heavy atom. The second-order valence-electron chi connectivity index (χ2n) is 6.66. The van der Waals surface area contributed by atoms with Crippen LogP contribution in [-0.4, -0.2) is 44.7 Å². The lowest BCUT2D eigenvalue weighted by Gasteiger charge is -2.25. The number of halogens is 2. The van der Waals surface area contributed by atoms with Crippen molar-refractivity contribution in [1.82, 2.24) is 16.0 Å². The Labute approximate surface area is 178 Å². The van der Waals surface area contributed by atoms with Crippen molar-refractivity contribution in [2.24, 2.45) is 10.4 Å². The Hall–Kier alpha value is -1.58. The Morgan fingerprint density at radius 2 is 1.96 bits per heavy atom. The number of guanidine groups is 1. The highest BCUT2D eigenvalue weighted by Gasteiger charge is 2.27. The van der Waals surface area contributed by atoms with E-state index < -0.39 is 5.41 Å². The third-order valence-corrected chi connectivity index (χ3v) is 3.92. The molecule has 0 bridgehead atoms. The predicted molar refractivity (Wildman–Crippen MR) is 118 cm³/mol. The number of hydrogen-bond acceptors (Lipinski definition) is 3. The van der Waals surface area contributed by atoms with Crippen molar-refractivity contribution in [3.05, 3.63) is 30.1 Å². The van der Waals surface area contributed by atoms with Gasteiger partial charge in [-0.2, -0.15) is 0 Å². The summed E-state index contributed by atoms with van der Waals surface area (Å²) in [4.78, 5) is 16.2. The number of hydrogen-bond donors (Lipinski definition) is 3. The molecule has 0 fully saturated rings. The number of ether oxygens (including phenoxy) is 1. The van der Waals surface area contributed by atoms with Crippen molar-refractivity contribution >= 4 is 35.8 Å². The van der Waals surface area contributed by atoms with Gasteiger partial charge < -0.3 is 20.7 Å². The molecule has 154 valence electrons. The number of rotatable bonds is 9. The van der Waals surface area contributed by atoms with Crippen LogP contribution in [0, 0.1) is 11.2 Å². The fraction of sp³-hybridized carbons (Fsp3) is 0.579. The van der Waals surface area contributed by atoms with Gasteiger partial charge in [-0.05, 0) is 39.3 Å². The van der Waals surface area contributed by atoms with Gasteiger partial charge in [-0.1, -0.05) is 13.0 Å². The topological polar surface area (TPSA) is 74.8 Å². The molecule has 0 spiro atoms. The Bertz CT molecular complexity index is 611. The van der Waals surface area contributed by atoms with E-state index in [1.54, 1.807) is 19.2 Å². The number of carbonyl (C=O) groups excluding carboxylic acids is 1. The first-order valence-electron chi connectivity index (χ1n) is 8.97. The summed E-state index contributed by atoms with van der Waals surface area (Å²) in [6.45, 7) is 9.20. The first kappa shape index (κ1) is 25.4. The van der Waals surface area contributed by atoms with Crippen LogP contribution in [0.3, 0.4) is 0 Å². The molecular weight excluding hydrogens is 462 g/mol. The van der Waals surface area contributed by atoms with Crippen LogP contribution in [0.5, 0.6) is 5.75 Å². The van der Waals surface area contributed by atoms with Crippen LogP contribution in [0.2, 0.25) is 0 Å². The lowest BCUT2D eigenvalue weighted by molar-refractivity contribution is -0.128. The van der Waals surface area contributed by atoms with E-state index in [1.165, 1.54) is 12.1 Å². The maximum atomic E-state index is 13.3. The van der Waals surface area contributed by atoms with Crippen LogP contribution in [0.25, 0.3) is 0 Å². The molecule has 0 radical (unpaired) electrons. The molecule has 6 nitrogen and oxygen atoms in total. The van der Waals surface area contributed by atoms with E-state index in [2.05, 4.69) is 20.9 Å². The molecule has 0 aliphatic rings. The summed E-state index contributed by atoms with van der Waals surface area (Å²) >= 11 is 0. The monoisotopic (exact) mass is 494 g/mol. The van der Waals surface area contributed by atoms with E-state index in [9.17, 15) is 9.18 Å². The summed E-state index contributed by atoms with van der Waals surface area (Å²) in [5.74, 6) is 0.752. The third-order valence-electron chi connectivity index (χ3n) is 3.92. The minimum Gasteiger partial charge on any atom is -0.489 e. The highest BCUT2D eigenvalue weighted by molar-refractivity contribution is 14.0. The van der Waals surface area contributed by atoms with Gasteiger partial charge in [-0.15, -0.1) is 24.0 Å². The fourth-order valence-corrected chi connectivity index (χ4v) is 2.22. The number of carbonyl (C=O) groups is 1. The average molecular weight is 494 g/mol. The smallest absolute Gasteiger partial charge is 0.227 e. The zero-order chi connectivity index (χ0) is 19.6. The van der Waals surface area contributed by atoms with Gasteiger partial charge in [0.25, 0.3) is 0 Å². The second-order valence-corrected chi connectivity index (χ2v) is 6.66. The van der Waals surface area contributed by atoms with Crippen LogP contribution in [0.1, 0.15) is 34.1 Å². The Morgan fingerprint density at radius 1 is 1.26 bits per heavy atom. The highest BCUT2D eigenvalue weighted by Crippen LogP contribution is 2.15. The van der Waals surface area contributed by atoms with Gasteiger partial charge in [-0.25, -0.2) is 4.39 Å². The maximum Gasteiger partial charge on any atom is 0.227 e. The van der Waals surface area contributed by atoms with E-state index >= 15 is 0 Å². The molecule has 1 aromatic carbocycles. The molecule has 0 aliphatic heterocycles. The highest BCUT2D eigenvalue weighted by atomic mass is 127. The first-order valence-corrected chi connectivity index (χ1v) is 8.97. The van der Waals surface area contributed by atoms with Crippen LogP contribution < -0.4 is 20.7 Å². The van der Waals surface area contributed by atoms with Gasteiger partial charge in [0.15, 0.2) is 5.96 Å². The molecule has 0 saturated carbocycles. The summed E-state index contributed by atoms with van der Waals surface area (Å²) < 4.78 is 19.1. The molecular formula is C19H32FIN4O2. The molecule has 0 aliphatic carbocycles. The summed E-state index contributed by atoms with van der Waals surface area (Å²) in [6.07, 6.45) is 0.622. The normalized spacial score (nSPS) is 12.6. The van der Waals surface area contributed by atoms with E-state index in [0.29, 0.717) is 31.3 Å². The minimum atomic E-state index is -0.560. The molecule has 0 heterocycles. The van der Waals surface area contributed by atoms with Crippen LogP contribution in [0.4, 0.5) is 4.39 Å². The molecule has 1 rings (SSSR count). The number of nitrogens with zero attached hydrogens (tertiary/aromatic N) is 1. The maximum absolute atomic E-state index is 13.3. The first-order chi connectivity index (χ1) is 12.3. The van der Waals surface area contributed by atoms with Gasteiger partial charge in [-0.3, -0.25) is 9.79 Å². The minimum absolute atomic E-state index is 0. The van der Waals surface area contributed by atoms with E-state index in [1.807, 2.05) is 27.7 Å². The standard InChI is InChI=1S/C19H31FN4O2.HI/c1-6-15(26-16-10-8-9-14(20)11-16)12-23-18(21-5)24-13-19(3,4)17(25)22-7-2;/h8-11,15H,6-7,12-13H2,1-5H3,(H,22,25)(H2,21,23,24);1H. The van der Waals surface area contributed by atoms with Gasteiger partial charge >= 0.3 is 0 Å². The van der Waals surface area contributed by atoms with Crippen molar-refractivity contribution in [2.45, 2.75) is 40.2 Å². The van der Waals surface area contributed by atoms with E-state index in [-0.39, 0.29) is 41.8 Å². The zero-order valence-electron chi connectivity index (χ0n) is 16.8. The van der Waals surface area contributed by atoms with Crippen molar-refractivity contribution in [2.75, 3.05) is 26.7 Å². The summed E-state index contributed by atoms with van der Waals surface area (Å²) in [5.41, 5.74) is -0.560. The SMILES string of the molecule is CCNC(=O)C(C)(C)CNC(=NC)NCC(CC)Oc1cccc(F)c1.I. The molecule has 3 N–H and O–H groups in total. The van der Waals surface area contributed by atoms with Gasteiger partial charge in [0.2, 0.25) is 5.91 Å². The average Bonchev–Trinajstić information content (AvgIpc) is 2.60. The number of aliphatic imine (C=N–C) groups is 1. The van der Waals surface area contributed by atoms with E-state index in [4.69, 9.17) is 4.74 Å². The quantitative estimate of drug-likeness (QED) is 0.281. The third kappa shape index (κ3) is 9.25. The summed E-state index contributed by atoms with van der Waals surface area (Å²) in [6, 6.07) is 6.10. The molecule has 0 saturated heterocycles. The second kappa shape index (κ2) is 12.7. The number of benzene rings is 1. The van der Waals surface area contributed by atoms with Crippen molar-refractivity contribution in [3.8, 4) is 5.75 Å². The molecule has 1 aromatic rings. The molecule has 8 heteroatoms. The molecule has 0 aromatic heterocycles.